The van der Waals surface area contributed by atoms with Gasteiger partial charge in [0.05, 0.1) is 6.04 Å². The number of para-hydroxylation sites is 2. The molecule has 0 aromatic heterocycles. The second-order valence-corrected chi connectivity index (χ2v) is 6.83. The number of halogens is 1. The van der Waals surface area contributed by atoms with E-state index in [0.717, 1.165) is 17.7 Å². The van der Waals surface area contributed by atoms with Gasteiger partial charge in [-0.2, -0.15) is 0 Å². The lowest BCUT2D eigenvalue weighted by molar-refractivity contribution is -0.131. The molecule has 6 heteroatoms. The van der Waals surface area contributed by atoms with Crippen molar-refractivity contribution in [3.8, 4) is 11.5 Å². The molecule has 2 aromatic rings. The number of rotatable bonds is 2. The van der Waals surface area contributed by atoms with Crippen LogP contribution >= 0.6 is 11.8 Å². The summed E-state index contributed by atoms with van der Waals surface area (Å²) in [6.45, 7) is 0.167. The van der Waals surface area contributed by atoms with Crippen molar-refractivity contribution in [3.05, 3.63) is 53.8 Å². The largest absolute Gasteiger partial charge is 0.485 e. The van der Waals surface area contributed by atoms with Gasteiger partial charge in [-0.15, -0.1) is 11.8 Å². The highest BCUT2D eigenvalue weighted by atomic mass is 32.2. The molecule has 1 N–H and O–H groups in total. The topological polar surface area (TPSA) is 47.6 Å². The Morgan fingerprint density at radius 1 is 1.17 bits per heavy atom. The Morgan fingerprint density at radius 3 is 2.88 bits per heavy atom. The Hall–Kier alpha value is -2.21. The number of ether oxygens (including phenoxy) is 2. The number of nitrogens with one attached hydrogen (secondary N) is 1. The predicted molar refractivity (Wildman–Crippen MR) is 89.0 cm³/mol. The fraction of sp³-hybridized carbons (Fsp3) is 0.278. The molecular weight excluding hydrogens is 329 g/mol. The van der Waals surface area contributed by atoms with E-state index < -0.39 is 6.10 Å². The molecule has 2 aliphatic heterocycles. The highest BCUT2D eigenvalue weighted by molar-refractivity contribution is 7.99. The zero-order valence-corrected chi connectivity index (χ0v) is 13.6. The van der Waals surface area contributed by atoms with Gasteiger partial charge >= 0.3 is 0 Å². The van der Waals surface area contributed by atoms with Gasteiger partial charge < -0.3 is 14.8 Å². The maximum atomic E-state index is 13.9. The van der Waals surface area contributed by atoms with Crippen LogP contribution in [-0.2, 0) is 4.79 Å². The van der Waals surface area contributed by atoms with Gasteiger partial charge in [0.15, 0.2) is 11.5 Å². The minimum Gasteiger partial charge on any atom is -0.485 e. The van der Waals surface area contributed by atoms with E-state index in [4.69, 9.17) is 9.47 Å². The average Bonchev–Trinajstić information content (AvgIpc) is 2.62. The molecule has 0 spiro atoms. The number of hydrogen-bond acceptors (Lipinski definition) is 4. The first-order valence-electron chi connectivity index (χ1n) is 7.82. The number of amides is 1. The number of carbonyl (C=O) groups is 1. The first-order chi connectivity index (χ1) is 11.7. The lowest BCUT2D eigenvalue weighted by Crippen LogP contribution is -2.45. The highest BCUT2D eigenvalue weighted by Gasteiger charge is 2.31. The summed E-state index contributed by atoms with van der Waals surface area (Å²) < 4.78 is 25.2. The summed E-state index contributed by atoms with van der Waals surface area (Å²) in [6.07, 6.45) is 0.0586. The van der Waals surface area contributed by atoms with Crippen LogP contribution < -0.4 is 14.8 Å². The average molecular weight is 345 g/mol. The van der Waals surface area contributed by atoms with Gasteiger partial charge in [-0.25, -0.2) is 4.39 Å². The Bertz CT molecular complexity index is 783. The molecule has 0 radical (unpaired) electrons. The summed E-state index contributed by atoms with van der Waals surface area (Å²) in [5.41, 5.74) is 0.830. The number of benzene rings is 2. The summed E-state index contributed by atoms with van der Waals surface area (Å²) in [5, 5.41) is 2.98. The maximum absolute atomic E-state index is 13.9. The normalized spacial score (nSPS) is 21.7. The molecule has 1 amide bonds. The Kier molecular flexibility index (Phi) is 4.06. The summed E-state index contributed by atoms with van der Waals surface area (Å²) in [7, 11) is 0. The molecule has 124 valence electrons. The fourth-order valence-electron chi connectivity index (χ4n) is 2.95. The number of fused-ring (bicyclic) bond motifs is 2. The predicted octanol–water partition coefficient (Wildman–Crippen LogP) is 3.32. The van der Waals surface area contributed by atoms with Crippen LogP contribution in [0, 0.1) is 5.82 Å². The Morgan fingerprint density at radius 2 is 2.00 bits per heavy atom. The van der Waals surface area contributed by atoms with Gasteiger partial charge in [-0.3, -0.25) is 4.79 Å². The van der Waals surface area contributed by atoms with E-state index in [1.165, 1.54) is 17.8 Å². The van der Waals surface area contributed by atoms with E-state index in [1.54, 1.807) is 18.2 Å². The zero-order valence-electron chi connectivity index (χ0n) is 12.8. The highest BCUT2D eigenvalue weighted by Crippen LogP contribution is 2.38. The molecule has 0 unspecified atom stereocenters. The first kappa shape index (κ1) is 15.3. The third-order valence-electron chi connectivity index (χ3n) is 4.14. The van der Waals surface area contributed by atoms with E-state index >= 15 is 0 Å². The number of hydrogen-bond donors (Lipinski definition) is 1. The lowest BCUT2D eigenvalue weighted by Gasteiger charge is -2.30. The quantitative estimate of drug-likeness (QED) is 0.907. The van der Waals surface area contributed by atoms with Crippen LogP contribution in [0.5, 0.6) is 11.5 Å². The summed E-state index contributed by atoms with van der Waals surface area (Å²) in [6, 6.07) is 12.1. The zero-order chi connectivity index (χ0) is 16.5. The van der Waals surface area contributed by atoms with Gasteiger partial charge in [0.1, 0.15) is 12.4 Å². The molecule has 0 fully saturated rings. The third kappa shape index (κ3) is 2.82. The molecule has 0 aliphatic carbocycles. The number of thioether (sulfide) groups is 1. The molecule has 0 bridgehead atoms. The van der Waals surface area contributed by atoms with Gasteiger partial charge in [-0.1, -0.05) is 24.3 Å². The maximum Gasteiger partial charge on any atom is 0.265 e. The molecule has 0 saturated carbocycles. The Balaban J connectivity index is 1.49. The van der Waals surface area contributed by atoms with Crippen LogP contribution in [0.3, 0.4) is 0 Å². The summed E-state index contributed by atoms with van der Waals surface area (Å²) in [5.74, 6) is 1.50. The molecule has 2 aliphatic rings. The van der Waals surface area contributed by atoms with Crippen molar-refractivity contribution in [1.29, 1.82) is 0 Å². The van der Waals surface area contributed by atoms with Crippen LogP contribution in [0.1, 0.15) is 18.0 Å². The second-order valence-electron chi connectivity index (χ2n) is 5.72. The third-order valence-corrected chi connectivity index (χ3v) is 5.30. The van der Waals surface area contributed by atoms with Gasteiger partial charge in [0, 0.05) is 10.6 Å². The van der Waals surface area contributed by atoms with Crippen LogP contribution in [0.4, 0.5) is 4.39 Å². The van der Waals surface area contributed by atoms with Crippen LogP contribution in [-0.4, -0.2) is 24.4 Å². The summed E-state index contributed by atoms with van der Waals surface area (Å²) >= 11 is 1.49. The monoisotopic (exact) mass is 345 g/mol. The molecule has 4 rings (SSSR count). The van der Waals surface area contributed by atoms with Gasteiger partial charge in [-0.05, 0) is 30.2 Å². The minimum absolute atomic E-state index is 0.167. The number of carbonyl (C=O) groups excluding carboxylic acids is 1. The van der Waals surface area contributed by atoms with E-state index in [1.807, 2.05) is 18.2 Å². The minimum atomic E-state index is -0.702. The van der Waals surface area contributed by atoms with Crippen molar-refractivity contribution in [1.82, 2.24) is 5.32 Å². The molecule has 4 nitrogen and oxygen atoms in total. The van der Waals surface area contributed by atoms with Crippen LogP contribution in [0.25, 0.3) is 0 Å². The van der Waals surface area contributed by atoms with E-state index in [2.05, 4.69) is 5.32 Å². The van der Waals surface area contributed by atoms with Crippen molar-refractivity contribution < 1.29 is 18.7 Å². The van der Waals surface area contributed by atoms with E-state index in [9.17, 15) is 9.18 Å². The standard InChI is InChI=1S/C18H16FNO3S/c19-12-5-3-4-11-13(8-9-24-17(11)12)20-18(21)16-10-22-14-6-1-2-7-15(14)23-16/h1-7,13,16H,8-10H2,(H,20,21)/t13-,16+/m0/s1. The fourth-order valence-corrected chi connectivity index (χ4v) is 4.09. The lowest BCUT2D eigenvalue weighted by atomic mass is 10.0. The van der Waals surface area contributed by atoms with Gasteiger partial charge in [0.2, 0.25) is 6.10 Å². The molecular formula is C18H16FNO3S. The SMILES string of the molecule is O=C(N[C@H]1CCSc2c(F)cccc21)[C@H]1COc2ccccc2O1. The molecule has 0 saturated heterocycles. The first-order valence-corrected chi connectivity index (χ1v) is 8.81. The van der Waals surface area contributed by atoms with Crippen molar-refractivity contribution in [2.45, 2.75) is 23.5 Å². The molecule has 2 atom stereocenters. The van der Waals surface area contributed by atoms with E-state index in [-0.39, 0.29) is 24.4 Å². The van der Waals surface area contributed by atoms with Crippen molar-refractivity contribution in [2.24, 2.45) is 0 Å². The second kappa shape index (κ2) is 6.36. The summed E-state index contributed by atoms with van der Waals surface area (Å²) in [4.78, 5) is 13.2. The van der Waals surface area contributed by atoms with Crippen LogP contribution in [0.15, 0.2) is 47.4 Å². The van der Waals surface area contributed by atoms with Crippen molar-refractivity contribution in [2.75, 3.05) is 12.4 Å². The molecule has 2 aromatic carbocycles. The van der Waals surface area contributed by atoms with Crippen molar-refractivity contribution >= 4 is 17.7 Å². The molecule has 2 heterocycles. The Labute approximate surface area is 143 Å². The molecule has 24 heavy (non-hydrogen) atoms. The smallest absolute Gasteiger partial charge is 0.265 e. The van der Waals surface area contributed by atoms with Gasteiger partial charge in [0.25, 0.3) is 5.91 Å². The van der Waals surface area contributed by atoms with Crippen molar-refractivity contribution in [3.63, 3.8) is 0 Å². The van der Waals surface area contributed by atoms with Crippen LogP contribution in [0.2, 0.25) is 0 Å². The van der Waals surface area contributed by atoms with E-state index in [0.29, 0.717) is 16.4 Å².